The van der Waals surface area contributed by atoms with Crippen LogP contribution in [0.5, 0.6) is 0 Å². The van der Waals surface area contributed by atoms with Gasteiger partial charge >= 0.3 is 0 Å². The van der Waals surface area contributed by atoms with Crippen molar-refractivity contribution in [2.75, 3.05) is 0 Å². The summed E-state index contributed by atoms with van der Waals surface area (Å²) in [4.78, 5) is 0. The first kappa shape index (κ1) is 15.9. The molecule has 0 spiro atoms. The average molecular weight is 434 g/mol. The molecule has 0 unspecified atom stereocenters. The van der Waals surface area contributed by atoms with E-state index in [1.54, 1.807) is 0 Å². The van der Waals surface area contributed by atoms with Gasteiger partial charge in [-0.2, -0.15) is 0 Å². The zero-order valence-electron chi connectivity index (χ0n) is 11.9. The molecule has 0 aliphatic carbocycles. The highest BCUT2D eigenvalue weighted by Crippen LogP contribution is 2.38. The number of hydrogen-bond donors (Lipinski definition) is 0. The molecule has 0 heterocycles. The fourth-order valence-corrected chi connectivity index (χ4v) is 6.10. The minimum Gasteiger partial charge on any atom is -0.0712 e. The summed E-state index contributed by atoms with van der Waals surface area (Å²) in [5, 5.41) is 4.13. The number of hydrogen-bond acceptors (Lipinski definition) is 0. The molecular weight excluding hydrogens is 419 g/mol. The number of halogens is 2. The summed E-state index contributed by atoms with van der Waals surface area (Å²) in [7, 11) is -0.559. The van der Waals surface area contributed by atoms with Crippen LogP contribution in [0, 0.1) is 0 Å². The second-order valence-electron chi connectivity index (χ2n) is 4.87. The summed E-state index contributed by atoms with van der Waals surface area (Å²) in [5.74, 6) is 0. The van der Waals surface area contributed by atoms with Crippen LogP contribution >= 0.6 is 39.8 Å². The molecule has 0 aliphatic heterocycles. The lowest BCUT2D eigenvalue weighted by Crippen LogP contribution is -2.23. The van der Waals surface area contributed by atoms with Crippen LogP contribution in [-0.2, 0) is 0 Å². The summed E-state index contributed by atoms with van der Waals surface area (Å²) in [5.41, 5.74) is 1.29. The summed E-state index contributed by atoms with van der Waals surface area (Å²) in [6.07, 6.45) is 0. The van der Waals surface area contributed by atoms with Gasteiger partial charge in [0.1, 0.15) is 0 Å². The molecule has 0 fully saturated rings. The van der Waals surface area contributed by atoms with E-state index in [2.05, 4.69) is 117 Å². The Morgan fingerprint density at radius 2 is 1.05 bits per heavy atom. The molecule has 22 heavy (non-hydrogen) atoms. The zero-order chi connectivity index (χ0) is 15.4. The molecule has 0 saturated heterocycles. The molecule has 3 aromatic rings. The molecule has 0 aliphatic rings. The lowest BCUT2D eigenvalue weighted by atomic mass is 10.2. The van der Waals surface area contributed by atoms with Crippen molar-refractivity contribution in [2.24, 2.45) is 0 Å². The van der Waals surface area contributed by atoms with Crippen molar-refractivity contribution in [1.82, 2.24) is 0 Å². The van der Waals surface area contributed by atoms with Gasteiger partial charge in [-0.25, -0.2) is 0 Å². The van der Waals surface area contributed by atoms with Crippen molar-refractivity contribution in [3.05, 3.63) is 90.5 Å². The Morgan fingerprint density at radius 1 is 0.591 bits per heavy atom. The van der Waals surface area contributed by atoms with Crippen molar-refractivity contribution in [3.8, 4) is 0 Å². The van der Waals surface area contributed by atoms with E-state index >= 15 is 0 Å². The van der Waals surface area contributed by atoms with Crippen molar-refractivity contribution in [3.63, 3.8) is 0 Å². The van der Waals surface area contributed by atoms with Crippen molar-refractivity contribution < 1.29 is 0 Å². The molecule has 3 heteroatoms. The van der Waals surface area contributed by atoms with Gasteiger partial charge in [-0.15, -0.1) is 0 Å². The largest absolute Gasteiger partial charge is 0.0952 e. The quantitative estimate of drug-likeness (QED) is 0.390. The Balaban J connectivity index is 2.19. The van der Waals surface area contributed by atoms with Crippen molar-refractivity contribution in [1.29, 1.82) is 0 Å². The first-order valence-corrected chi connectivity index (χ1v) is 10.2. The third kappa shape index (κ3) is 3.51. The lowest BCUT2D eigenvalue weighted by Gasteiger charge is -2.22. The normalized spacial score (nSPS) is 11.1. The van der Waals surface area contributed by atoms with Gasteiger partial charge in [0.2, 0.25) is 0 Å². The summed E-state index contributed by atoms with van der Waals surface area (Å²) >= 11 is 7.35. The Bertz CT molecular complexity index is 687. The predicted molar refractivity (Wildman–Crippen MR) is 106 cm³/mol. The lowest BCUT2D eigenvalue weighted by molar-refractivity contribution is 1.46. The van der Waals surface area contributed by atoms with E-state index in [9.17, 15) is 0 Å². The molecule has 0 saturated carbocycles. The number of benzene rings is 3. The SMILES string of the molecule is BrC(Br)c1ccccc1P(c1ccccc1)c1ccccc1. The molecule has 0 amide bonds. The Morgan fingerprint density at radius 3 is 1.55 bits per heavy atom. The summed E-state index contributed by atoms with van der Waals surface area (Å²) in [6, 6.07) is 30.2. The molecule has 3 aromatic carbocycles. The van der Waals surface area contributed by atoms with Gasteiger partial charge in [-0.1, -0.05) is 117 Å². The van der Waals surface area contributed by atoms with Crippen LogP contribution in [0.15, 0.2) is 84.9 Å². The third-order valence-corrected chi connectivity index (χ3v) is 6.95. The number of alkyl halides is 2. The van der Waals surface area contributed by atoms with Gasteiger partial charge in [0, 0.05) is 0 Å². The second-order valence-corrected chi connectivity index (χ2v) is 10.1. The maximum Gasteiger partial charge on any atom is 0.0952 e. The predicted octanol–water partition coefficient (Wildman–Crippen LogP) is 5.23. The van der Waals surface area contributed by atoms with Crippen LogP contribution in [0.2, 0.25) is 0 Å². The Kier molecular flexibility index (Phi) is 5.46. The highest BCUT2D eigenvalue weighted by molar-refractivity contribution is 9.24. The fraction of sp³-hybridized carbons (Fsp3) is 0.0526. The second kappa shape index (κ2) is 7.55. The van der Waals surface area contributed by atoms with Crippen LogP contribution in [0.1, 0.15) is 9.30 Å². The molecule has 0 N–H and O–H groups in total. The van der Waals surface area contributed by atoms with Crippen LogP contribution in [-0.4, -0.2) is 0 Å². The maximum absolute atomic E-state index is 3.67. The average Bonchev–Trinajstić information content (AvgIpc) is 2.57. The fourth-order valence-electron chi connectivity index (χ4n) is 2.46. The monoisotopic (exact) mass is 432 g/mol. The maximum atomic E-state index is 3.67. The van der Waals surface area contributed by atoms with Gasteiger partial charge in [0.15, 0.2) is 0 Å². The van der Waals surface area contributed by atoms with Crippen LogP contribution in [0.25, 0.3) is 0 Å². The van der Waals surface area contributed by atoms with E-state index in [1.165, 1.54) is 21.5 Å². The topological polar surface area (TPSA) is 0 Å². The van der Waals surface area contributed by atoms with Crippen LogP contribution in [0.4, 0.5) is 0 Å². The minimum atomic E-state index is -0.559. The first-order chi connectivity index (χ1) is 10.8. The molecule has 0 aromatic heterocycles. The highest BCUT2D eigenvalue weighted by atomic mass is 79.9. The molecule has 0 radical (unpaired) electrons. The third-order valence-electron chi connectivity index (χ3n) is 3.44. The van der Waals surface area contributed by atoms with Crippen LogP contribution < -0.4 is 15.9 Å². The van der Waals surface area contributed by atoms with Gasteiger partial charge in [-0.05, 0) is 29.4 Å². The molecule has 0 nitrogen and oxygen atoms in total. The standard InChI is InChI=1S/C19H15Br2P/c20-19(21)17-13-7-8-14-18(17)22(15-9-3-1-4-10-15)16-11-5-2-6-12-16/h1-14,19H. The Hall–Kier alpha value is -0.950. The smallest absolute Gasteiger partial charge is 0.0712 e. The van der Waals surface area contributed by atoms with E-state index in [4.69, 9.17) is 0 Å². The molecule has 3 rings (SSSR count). The van der Waals surface area contributed by atoms with E-state index in [0.717, 1.165) is 0 Å². The van der Waals surface area contributed by atoms with E-state index in [1.807, 2.05) is 0 Å². The van der Waals surface area contributed by atoms with Crippen LogP contribution in [0.3, 0.4) is 0 Å². The van der Waals surface area contributed by atoms with E-state index in [-0.39, 0.29) is 3.74 Å². The van der Waals surface area contributed by atoms with Crippen molar-refractivity contribution >= 4 is 55.7 Å². The minimum absolute atomic E-state index is 0.161. The summed E-state index contributed by atoms with van der Waals surface area (Å²) < 4.78 is 0.161. The first-order valence-electron chi connectivity index (χ1n) is 7.04. The Labute approximate surface area is 149 Å². The molecule has 110 valence electrons. The molecule has 0 bridgehead atoms. The van der Waals surface area contributed by atoms with Gasteiger partial charge in [0.25, 0.3) is 0 Å². The highest BCUT2D eigenvalue weighted by Gasteiger charge is 2.20. The molecule has 0 atom stereocenters. The van der Waals surface area contributed by atoms with E-state index < -0.39 is 7.92 Å². The van der Waals surface area contributed by atoms with Gasteiger partial charge in [-0.3, -0.25) is 0 Å². The number of rotatable bonds is 4. The molecular formula is C19H15Br2P. The summed E-state index contributed by atoms with van der Waals surface area (Å²) in [6.45, 7) is 0. The zero-order valence-corrected chi connectivity index (χ0v) is 15.9. The van der Waals surface area contributed by atoms with Gasteiger partial charge < -0.3 is 0 Å². The van der Waals surface area contributed by atoms with Gasteiger partial charge in [0.05, 0.1) is 3.74 Å². The van der Waals surface area contributed by atoms with E-state index in [0.29, 0.717) is 0 Å². The van der Waals surface area contributed by atoms with Crippen molar-refractivity contribution in [2.45, 2.75) is 3.74 Å².